The molecule has 0 aliphatic rings. The summed E-state index contributed by atoms with van der Waals surface area (Å²) < 4.78 is 0. The first-order valence-electron chi connectivity index (χ1n) is 4.59. The number of aryl methyl sites for hydroxylation is 2. The first kappa shape index (κ1) is 11.0. The van der Waals surface area contributed by atoms with Crippen LogP contribution in [0.1, 0.15) is 11.1 Å². The molecule has 1 N–H and O–H groups in total. The van der Waals surface area contributed by atoms with Gasteiger partial charge in [-0.2, -0.15) is 0 Å². The summed E-state index contributed by atoms with van der Waals surface area (Å²) in [6, 6.07) is 6.34. The number of anilines is 1. The van der Waals surface area contributed by atoms with Gasteiger partial charge in [-0.1, -0.05) is 17.7 Å². The van der Waals surface area contributed by atoms with E-state index < -0.39 is 0 Å². The lowest BCUT2D eigenvalue weighted by Crippen LogP contribution is -2.34. The van der Waals surface area contributed by atoms with E-state index in [0.717, 1.165) is 10.8 Å². The van der Waals surface area contributed by atoms with E-state index in [0.29, 0.717) is 0 Å². The van der Waals surface area contributed by atoms with E-state index in [4.69, 9.17) is 12.2 Å². The smallest absolute Gasteiger partial charge is 0.172 e. The fourth-order valence-corrected chi connectivity index (χ4v) is 1.56. The maximum atomic E-state index is 5.17. The zero-order chi connectivity index (χ0) is 10.7. The average molecular weight is 208 g/mol. The molecule has 0 aromatic heterocycles. The van der Waals surface area contributed by atoms with Gasteiger partial charge in [0.25, 0.3) is 0 Å². The maximum absolute atomic E-state index is 5.17. The molecule has 2 nitrogen and oxygen atoms in total. The highest BCUT2D eigenvalue weighted by atomic mass is 32.1. The third kappa shape index (κ3) is 2.23. The van der Waals surface area contributed by atoms with Gasteiger partial charge in [-0.05, 0) is 37.7 Å². The molecule has 0 aliphatic carbocycles. The quantitative estimate of drug-likeness (QED) is 0.713. The highest BCUT2D eigenvalue weighted by molar-refractivity contribution is 7.80. The van der Waals surface area contributed by atoms with Gasteiger partial charge in [0, 0.05) is 19.8 Å². The van der Waals surface area contributed by atoms with E-state index in [9.17, 15) is 0 Å². The minimum atomic E-state index is 0.733. The Labute approximate surface area is 90.9 Å². The number of hydrogen-bond acceptors (Lipinski definition) is 1. The second-order valence-corrected chi connectivity index (χ2v) is 3.79. The molecule has 0 heterocycles. The second-order valence-electron chi connectivity index (χ2n) is 3.40. The van der Waals surface area contributed by atoms with Crippen LogP contribution in [-0.2, 0) is 0 Å². The summed E-state index contributed by atoms with van der Waals surface area (Å²) in [7, 11) is 3.80. The van der Waals surface area contributed by atoms with E-state index in [1.54, 1.807) is 0 Å². The molecule has 76 valence electrons. The van der Waals surface area contributed by atoms with Crippen molar-refractivity contribution in [1.29, 1.82) is 0 Å². The third-order valence-electron chi connectivity index (χ3n) is 2.23. The number of hydrogen-bond donors (Lipinski definition) is 1. The first-order chi connectivity index (χ1) is 6.56. The summed E-state index contributed by atoms with van der Waals surface area (Å²) in [5.74, 6) is 0. The molecule has 1 rings (SSSR count). The number of nitrogens with one attached hydrogen (secondary N) is 1. The number of thiocarbonyl (C=S) groups is 1. The van der Waals surface area contributed by atoms with Crippen molar-refractivity contribution in [2.24, 2.45) is 0 Å². The summed E-state index contributed by atoms with van der Waals surface area (Å²) >= 11 is 5.17. The van der Waals surface area contributed by atoms with Gasteiger partial charge in [-0.3, -0.25) is 0 Å². The molecule has 0 bridgehead atoms. The Balaban J connectivity index is 3.01. The minimum Gasteiger partial charge on any atom is -0.365 e. The summed E-state index contributed by atoms with van der Waals surface area (Å²) in [6.45, 7) is 4.18. The largest absolute Gasteiger partial charge is 0.365 e. The van der Waals surface area contributed by atoms with E-state index in [2.05, 4.69) is 37.4 Å². The zero-order valence-corrected chi connectivity index (χ0v) is 9.90. The number of nitrogens with zero attached hydrogens (tertiary/aromatic N) is 1. The molecule has 0 saturated carbocycles. The second kappa shape index (κ2) is 4.42. The Bertz CT molecular complexity index is 347. The normalized spacial score (nSPS) is 9.71. The van der Waals surface area contributed by atoms with Crippen LogP contribution in [0.4, 0.5) is 5.69 Å². The van der Waals surface area contributed by atoms with Crippen molar-refractivity contribution in [3.8, 4) is 0 Å². The molecule has 3 heteroatoms. The van der Waals surface area contributed by atoms with Gasteiger partial charge in [-0.25, -0.2) is 0 Å². The molecule has 0 atom stereocenters. The SMILES string of the molecule is CNC(=S)N(C)c1ccc(C)cc1C. The van der Waals surface area contributed by atoms with Crippen molar-refractivity contribution in [3.63, 3.8) is 0 Å². The van der Waals surface area contributed by atoms with Crippen LogP contribution >= 0.6 is 12.2 Å². The molecule has 1 aromatic carbocycles. The van der Waals surface area contributed by atoms with E-state index in [-0.39, 0.29) is 0 Å². The maximum Gasteiger partial charge on any atom is 0.172 e. The molecular formula is C11H16N2S. The predicted octanol–water partition coefficient (Wildman–Crippen LogP) is 2.24. The highest BCUT2D eigenvalue weighted by Crippen LogP contribution is 2.19. The van der Waals surface area contributed by atoms with E-state index in [1.165, 1.54) is 11.1 Å². The van der Waals surface area contributed by atoms with Gasteiger partial charge < -0.3 is 10.2 Å². The summed E-state index contributed by atoms with van der Waals surface area (Å²) in [4.78, 5) is 1.98. The predicted molar refractivity (Wildman–Crippen MR) is 66.0 cm³/mol. The van der Waals surface area contributed by atoms with Crippen LogP contribution in [0.25, 0.3) is 0 Å². The monoisotopic (exact) mass is 208 g/mol. The molecule has 14 heavy (non-hydrogen) atoms. The minimum absolute atomic E-state index is 0.733. The van der Waals surface area contributed by atoms with E-state index >= 15 is 0 Å². The van der Waals surface area contributed by atoms with E-state index in [1.807, 2.05) is 19.0 Å². The van der Waals surface area contributed by atoms with Gasteiger partial charge in [0.1, 0.15) is 0 Å². The number of rotatable bonds is 1. The highest BCUT2D eigenvalue weighted by Gasteiger charge is 2.07. The van der Waals surface area contributed by atoms with Crippen molar-refractivity contribution in [1.82, 2.24) is 5.32 Å². The van der Waals surface area contributed by atoms with Gasteiger partial charge in [0.2, 0.25) is 0 Å². The van der Waals surface area contributed by atoms with Crippen LogP contribution in [0.15, 0.2) is 18.2 Å². The van der Waals surface area contributed by atoms with Crippen LogP contribution in [0.3, 0.4) is 0 Å². The summed E-state index contributed by atoms with van der Waals surface area (Å²) in [6.07, 6.45) is 0. The standard InChI is InChI=1S/C11H16N2S/c1-8-5-6-10(9(2)7-8)13(4)11(14)12-3/h5-7H,1-4H3,(H,12,14). The van der Waals surface area contributed by atoms with Crippen LogP contribution in [0, 0.1) is 13.8 Å². The van der Waals surface area contributed by atoms with Crippen LogP contribution in [0.2, 0.25) is 0 Å². The number of benzene rings is 1. The molecule has 0 saturated heterocycles. The molecule has 0 spiro atoms. The van der Waals surface area contributed by atoms with Gasteiger partial charge >= 0.3 is 0 Å². The van der Waals surface area contributed by atoms with Crippen molar-refractivity contribution in [3.05, 3.63) is 29.3 Å². The van der Waals surface area contributed by atoms with Crippen molar-refractivity contribution in [2.45, 2.75) is 13.8 Å². The Morgan fingerprint density at radius 2 is 2.00 bits per heavy atom. The Morgan fingerprint density at radius 3 is 2.50 bits per heavy atom. The molecule has 0 unspecified atom stereocenters. The average Bonchev–Trinajstić information content (AvgIpc) is 2.15. The van der Waals surface area contributed by atoms with Crippen molar-refractivity contribution >= 4 is 23.0 Å². The van der Waals surface area contributed by atoms with Crippen molar-refractivity contribution < 1.29 is 0 Å². The Kier molecular flexibility index (Phi) is 3.47. The molecule has 0 radical (unpaired) electrons. The van der Waals surface area contributed by atoms with Gasteiger partial charge in [0.05, 0.1) is 0 Å². The van der Waals surface area contributed by atoms with Crippen LogP contribution in [0.5, 0.6) is 0 Å². The molecular weight excluding hydrogens is 192 g/mol. The Hall–Kier alpha value is -1.09. The molecule has 0 fully saturated rings. The molecule has 1 aromatic rings. The van der Waals surface area contributed by atoms with Crippen LogP contribution < -0.4 is 10.2 Å². The fraction of sp³-hybridized carbons (Fsp3) is 0.364. The van der Waals surface area contributed by atoms with Crippen LogP contribution in [-0.4, -0.2) is 19.2 Å². The lowest BCUT2D eigenvalue weighted by atomic mass is 10.1. The summed E-state index contributed by atoms with van der Waals surface area (Å²) in [5, 5.41) is 3.70. The fourth-order valence-electron chi connectivity index (χ4n) is 1.46. The van der Waals surface area contributed by atoms with Crippen molar-refractivity contribution in [2.75, 3.05) is 19.0 Å². The van der Waals surface area contributed by atoms with Gasteiger partial charge in [-0.15, -0.1) is 0 Å². The molecule has 0 aliphatic heterocycles. The third-order valence-corrected chi connectivity index (χ3v) is 2.71. The zero-order valence-electron chi connectivity index (χ0n) is 9.09. The topological polar surface area (TPSA) is 15.3 Å². The van der Waals surface area contributed by atoms with Gasteiger partial charge in [0.15, 0.2) is 5.11 Å². The lowest BCUT2D eigenvalue weighted by molar-refractivity contribution is 1.11. The summed E-state index contributed by atoms with van der Waals surface area (Å²) in [5.41, 5.74) is 3.66. The molecule has 0 amide bonds. The Morgan fingerprint density at radius 1 is 1.36 bits per heavy atom. The first-order valence-corrected chi connectivity index (χ1v) is 4.99. The lowest BCUT2D eigenvalue weighted by Gasteiger charge is -2.21.